The molecule has 7 heteroatoms. The first-order valence-electron chi connectivity index (χ1n) is 7.73. The second kappa shape index (κ2) is 5.26. The average molecular weight is 312 g/mol. The van der Waals surface area contributed by atoms with Gasteiger partial charge < -0.3 is 9.47 Å². The summed E-state index contributed by atoms with van der Waals surface area (Å²) in [7, 11) is -0.930. The summed E-state index contributed by atoms with van der Waals surface area (Å²) in [4.78, 5) is 2.31. The molecule has 0 saturated carbocycles. The fraction of sp³-hybridized carbons (Fsp3) is 0.857. The van der Waals surface area contributed by atoms with Crippen LogP contribution in [0.25, 0.3) is 0 Å². The first-order chi connectivity index (χ1) is 9.87. The van der Waals surface area contributed by atoms with Gasteiger partial charge in [0.1, 0.15) is 5.82 Å². The summed E-state index contributed by atoms with van der Waals surface area (Å²) < 4.78 is 25.3. The van der Waals surface area contributed by atoms with E-state index in [4.69, 9.17) is 0 Å². The lowest BCUT2D eigenvalue weighted by Gasteiger charge is -2.36. The summed E-state index contributed by atoms with van der Waals surface area (Å²) in [5.41, 5.74) is 0. The van der Waals surface area contributed by atoms with Crippen LogP contribution >= 0.6 is 0 Å². The SMILES string of the molecule is C[C@@H]1CCN(c2nnc(C3CCS(=O)(=O)C3)n2C)[C@H](C)C1. The highest BCUT2D eigenvalue weighted by molar-refractivity contribution is 7.91. The van der Waals surface area contributed by atoms with Crippen molar-refractivity contribution in [2.75, 3.05) is 23.0 Å². The van der Waals surface area contributed by atoms with E-state index in [0.717, 1.165) is 24.2 Å². The third-order valence-corrected chi connectivity index (χ3v) is 6.65. The molecule has 0 bridgehead atoms. The Balaban J connectivity index is 1.83. The number of hydrogen-bond acceptors (Lipinski definition) is 5. The molecular weight excluding hydrogens is 288 g/mol. The van der Waals surface area contributed by atoms with Crippen LogP contribution in [0.2, 0.25) is 0 Å². The quantitative estimate of drug-likeness (QED) is 0.824. The van der Waals surface area contributed by atoms with Crippen molar-refractivity contribution >= 4 is 15.8 Å². The van der Waals surface area contributed by atoms with Gasteiger partial charge in [-0.05, 0) is 32.1 Å². The maximum absolute atomic E-state index is 11.7. The molecule has 0 aliphatic carbocycles. The Labute approximate surface area is 126 Å². The number of nitrogens with zero attached hydrogens (tertiary/aromatic N) is 4. The molecule has 0 radical (unpaired) electrons. The lowest BCUT2D eigenvalue weighted by molar-refractivity contribution is 0.371. The lowest BCUT2D eigenvalue weighted by atomic mass is 9.94. The van der Waals surface area contributed by atoms with Gasteiger partial charge in [0.15, 0.2) is 9.84 Å². The van der Waals surface area contributed by atoms with Crippen LogP contribution in [0.1, 0.15) is 44.9 Å². The molecule has 0 N–H and O–H groups in total. The summed E-state index contributed by atoms with van der Waals surface area (Å²) >= 11 is 0. The topological polar surface area (TPSA) is 68.1 Å². The van der Waals surface area contributed by atoms with Gasteiger partial charge >= 0.3 is 0 Å². The molecule has 3 atom stereocenters. The maximum Gasteiger partial charge on any atom is 0.227 e. The Morgan fingerprint density at radius 1 is 1.19 bits per heavy atom. The highest BCUT2D eigenvalue weighted by Gasteiger charge is 2.34. The molecule has 0 aromatic carbocycles. The van der Waals surface area contributed by atoms with E-state index in [2.05, 4.69) is 28.9 Å². The van der Waals surface area contributed by atoms with E-state index < -0.39 is 9.84 Å². The molecule has 2 saturated heterocycles. The first-order valence-corrected chi connectivity index (χ1v) is 9.56. The van der Waals surface area contributed by atoms with Gasteiger partial charge in [0.25, 0.3) is 0 Å². The van der Waals surface area contributed by atoms with Crippen LogP contribution in [-0.2, 0) is 16.9 Å². The Bertz CT molecular complexity index is 625. The predicted molar refractivity (Wildman–Crippen MR) is 82.2 cm³/mol. The normalized spacial score (nSPS) is 32.5. The third kappa shape index (κ3) is 2.80. The van der Waals surface area contributed by atoms with E-state index in [1.165, 1.54) is 12.8 Å². The van der Waals surface area contributed by atoms with Crippen LogP contribution in [0.3, 0.4) is 0 Å². The van der Waals surface area contributed by atoms with Crippen LogP contribution < -0.4 is 4.90 Å². The van der Waals surface area contributed by atoms with Crippen molar-refractivity contribution < 1.29 is 8.42 Å². The van der Waals surface area contributed by atoms with Gasteiger partial charge in [-0.1, -0.05) is 6.92 Å². The number of sulfone groups is 1. The lowest BCUT2D eigenvalue weighted by Crippen LogP contribution is -2.41. The van der Waals surface area contributed by atoms with Crippen LogP contribution in [0.15, 0.2) is 0 Å². The Hall–Kier alpha value is -1.11. The van der Waals surface area contributed by atoms with Gasteiger partial charge in [0, 0.05) is 25.6 Å². The van der Waals surface area contributed by atoms with E-state index in [1.807, 2.05) is 11.6 Å². The fourth-order valence-corrected chi connectivity index (χ4v) is 5.38. The van der Waals surface area contributed by atoms with E-state index in [9.17, 15) is 8.42 Å². The van der Waals surface area contributed by atoms with Crippen LogP contribution in [-0.4, -0.2) is 47.3 Å². The van der Waals surface area contributed by atoms with Crippen LogP contribution in [0.5, 0.6) is 0 Å². The van der Waals surface area contributed by atoms with Crippen molar-refractivity contribution in [1.29, 1.82) is 0 Å². The molecular formula is C14H24N4O2S. The zero-order valence-corrected chi connectivity index (χ0v) is 13.8. The molecule has 21 heavy (non-hydrogen) atoms. The van der Waals surface area contributed by atoms with Crippen molar-refractivity contribution in [2.24, 2.45) is 13.0 Å². The van der Waals surface area contributed by atoms with E-state index in [0.29, 0.717) is 12.5 Å². The molecule has 2 aliphatic rings. The summed E-state index contributed by atoms with van der Waals surface area (Å²) in [6, 6.07) is 0.455. The van der Waals surface area contributed by atoms with Gasteiger partial charge in [0.05, 0.1) is 11.5 Å². The monoisotopic (exact) mass is 312 g/mol. The van der Waals surface area contributed by atoms with Crippen molar-refractivity contribution in [2.45, 2.75) is 45.1 Å². The number of aromatic nitrogens is 3. The summed E-state index contributed by atoms with van der Waals surface area (Å²) in [6.07, 6.45) is 3.01. The predicted octanol–water partition coefficient (Wildman–Crippen LogP) is 1.34. The molecule has 2 aliphatic heterocycles. The molecule has 1 unspecified atom stereocenters. The standard InChI is InChI=1S/C14H24N4O2S/c1-10-4-6-18(11(2)8-10)14-16-15-13(17(14)3)12-5-7-21(19,20)9-12/h10-12H,4-9H2,1-3H3/t10-,11-,12?/m1/s1. The van der Waals surface area contributed by atoms with Crippen LogP contribution in [0.4, 0.5) is 5.95 Å². The van der Waals surface area contributed by atoms with Gasteiger partial charge in [-0.2, -0.15) is 0 Å². The smallest absolute Gasteiger partial charge is 0.227 e. The Morgan fingerprint density at radius 3 is 2.57 bits per heavy atom. The second-order valence-corrected chi connectivity index (χ2v) is 8.92. The molecule has 1 aromatic heterocycles. The van der Waals surface area contributed by atoms with Crippen molar-refractivity contribution in [1.82, 2.24) is 14.8 Å². The molecule has 1 aromatic rings. The van der Waals surface area contributed by atoms with E-state index >= 15 is 0 Å². The van der Waals surface area contributed by atoms with Crippen molar-refractivity contribution in [3.05, 3.63) is 5.82 Å². The molecule has 3 heterocycles. The first kappa shape index (κ1) is 14.8. The molecule has 6 nitrogen and oxygen atoms in total. The number of rotatable bonds is 2. The van der Waals surface area contributed by atoms with Crippen molar-refractivity contribution in [3.63, 3.8) is 0 Å². The zero-order valence-electron chi connectivity index (χ0n) is 13.0. The fourth-order valence-electron chi connectivity index (χ4n) is 3.64. The molecule has 0 spiro atoms. The summed E-state index contributed by atoms with van der Waals surface area (Å²) in [5.74, 6) is 2.94. The van der Waals surface area contributed by atoms with Gasteiger partial charge in [-0.25, -0.2) is 8.42 Å². The van der Waals surface area contributed by atoms with Gasteiger partial charge in [0.2, 0.25) is 5.95 Å². The molecule has 0 amide bonds. The summed E-state index contributed by atoms with van der Waals surface area (Å²) in [6.45, 7) is 5.51. The minimum Gasteiger partial charge on any atom is -0.338 e. The van der Waals surface area contributed by atoms with Crippen LogP contribution in [0, 0.1) is 5.92 Å². The highest BCUT2D eigenvalue weighted by atomic mass is 32.2. The average Bonchev–Trinajstić information content (AvgIpc) is 2.93. The zero-order chi connectivity index (χ0) is 15.2. The minimum absolute atomic E-state index is 0.000250. The third-order valence-electron chi connectivity index (χ3n) is 4.88. The van der Waals surface area contributed by atoms with Gasteiger partial charge in [-0.15, -0.1) is 10.2 Å². The highest BCUT2D eigenvalue weighted by Crippen LogP contribution is 2.31. The Morgan fingerprint density at radius 2 is 1.95 bits per heavy atom. The maximum atomic E-state index is 11.7. The number of anilines is 1. The number of piperidine rings is 1. The van der Waals surface area contributed by atoms with E-state index in [1.54, 1.807) is 0 Å². The van der Waals surface area contributed by atoms with Gasteiger partial charge in [-0.3, -0.25) is 0 Å². The van der Waals surface area contributed by atoms with Crippen molar-refractivity contribution in [3.8, 4) is 0 Å². The molecule has 118 valence electrons. The summed E-state index contributed by atoms with van der Waals surface area (Å²) in [5, 5.41) is 8.65. The molecule has 2 fully saturated rings. The minimum atomic E-state index is -2.89. The Kier molecular flexibility index (Phi) is 3.71. The molecule has 3 rings (SSSR count). The number of hydrogen-bond donors (Lipinski definition) is 0. The second-order valence-electron chi connectivity index (χ2n) is 6.69. The largest absolute Gasteiger partial charge is 0.338 e. The van der Waals surface area contributed by atoms with E-state index in [-0.39, 0.29) is 17.4 Å².